The van der Waals surface area contributed by atoms with Crippen molar-refractivity contribution in [2.24, 2.45) is 0 Å². The number of rotatable bonds is 3. The largest absolute Gasteiger partial charge is 0.333 e. The molecular formula is C17H18N2O. The summed E-state index contributed by atoms with van der Waals surface area (Å²) in [5, 5.41) is 8.76. The summed E-state index contributed by atoms with van der Waals surface area (Å²) in [5.74, 6) is 0.270. The standard InChI is InChI=1S/C17H18N2O/c18-12-14-6-4-13(5-7-14)8-11-17(20)19-15-2-1-3-16(19)10-9-15/h1-2,4-7,15-16H,3,8-11H2/t15-,16-/m0/s1. The summed E-state index contributed by atoms with van der Waals surface area (Å²) in [5.41, 5.74) is 1.79. The van der Waals surface area contributed by atoms with Gasteiger partial charge in [0.05, 0.1) is 17.7 Å². The van der Waals surface area contributed by atoms with Gasteiger partial charge >= 0.3 is 0 Å². The molecule has 102 valence electrons. The molecule has 1 aromatic carbocycles. The van der Waals surface area contributed by atoms with E-state index in [4.69, 9.17) is 5.26 Å². The van der Waals surface area contributed by atoms with Crippen LogP contribution in [0.5, 0.6) is 0 Å². The quantitative estimate of drug-likeness (QED) is 0.790. The molecule has 0 unspecified atom stereocenters. The second-order valence-corrected chi connectivity index (χ2v) is 5.57. The number of carbonyl (C=O) groups is 1. The highest BCUT2D eigenvalue weighted by Gasteiger charge is 2.36. The van der Waals surface area contributed by atoms with Gasteiger partial charge in [-0.05, 0) is 43.4 Å². The van der Waals surface area contributed by atoms with Gasteiger partial charge < -0.3 is 4.90 Å². The maximum absolute atomic E-state index is 12.4. The Morgan fingerprint density at radius 3 is 2.80 bits per heavy atom. The molecule has 20 heavy (non-hydrogen) atoms. The van der Waals surface area contributed by atoms with Crippen molar-refractivity contribution in [3.05, 3.63) is 47.5 Å². The van der Waals surface area contributed by atoms with Gasteiger partial charge in [-0.2, -0.15) is 5.26 Å². The van der Waals surface area contributed by atoms with Gasteiger partial charge in [-0.25, -0.2) is 0 Å². The van der Waals surface area contributed by atoms with Gasteiger partial charge in [0.15, 0.2) is 0 Å². The summed E-state index contributed by atoms with van der Waals surface area (Å²) in [6.07, 6.45) is 8.98. The summed E-state index contributed by atoms with van der Waals surface area (Å²) >= 11 is 0. The molecule has 1 fully saturated rings. The van der Waals surface area contributed by atoms with Crippen molar-refractivity contribution in [3.8, 4) is 6.07 Å². The Balaban J connectivity index is 1.59. The number of aryl methyl sites for hydroxylation is 1. The molecule has 2 heterocycles. The van der Waals surface area contributed by atoms with Crippen LogP contribution < -0.4 is 0 Å². The van der Waals surface area contributed by atoms with Crippen LogP contribution in [-0.4, -0.2) is 22.9 Å². The number of nitriles is 1. The maximum atomic E-state index is 12.4. The highest BCUT2D eigenvalue weighted by atomic mass is 16.2. The number of benzene rings is 1. The number of fused-ring (bicyclic) bond motifs is 2. The summed E-state index contributed by atoms with van der Waals surface area (Å²) < 4.78 is 0. The molecule has 2 aliphatic heterocycles. The Bertz CT molecular complexity index is 568. The molecule has 0 saturated carbocycles. The predicted octanol–water partition coefficient (Wildman–Crippen LogP) is 2.81. The van der Waals surface area contributed by atoms with Crippen LogP contribution in [0.3, 0.4) is 0 Å². The lowest BCUT2D eigenvalue weighted by molar-refractivity contribution is -0.133. The smallest absolute Gasteiger partial charge is 0.223 e. The van der Waals surface area contributed by atoms with E-state index in [1.54, 1.807) is 0 Å². The molecule has 0 N–H and O–H groups in total. The number of nitrogens with zero attached hydrogens (tertiary/aromatic N) is 2. The first-order chi connectivity index (χ1) is 9.78. The Morgan fingerprint density at radius 1 is 1.30 bits per heavy atom. The van der Waals surface area contributed by atoms with E-state index in [2.05, 4.69) is 23.1 Å². The second kappa shape index (κ2) is 5.50. The number of hydrogen-bond acceptors (Lipinski definition) is 2. The van der Waals surface area contributed by atoms with E-state index in [9.17, 15) is 4.79 Å². The summed E-state index contributed by atoms with van der Waals surface area (Å²) in [6.45, 7) is 0. The van der Waals surface area contributed by atoms with Crippen LogP contribution in [0.1, 0.15) is 36.8 Å². The molecule has 3 heteroatoms. The van der Waals surface area contributed by atoms with Crippen molar-refractivity contribution in [3.63, 3.8) is 0 Å². The fourth-order valence-corrected chi connectivity index (χ4v) is 3.24. The third-order valence-electron chi connectivity index (χ3n) is 4.31. The molecule has 0 radical (unpaired) electrons. The third-order valence-corrected chi connectivity index (χ3v) is 4.31. The Hall–Kier alpha value is -2.08. The maximum Gasteiger partial charge on any atom is 0.223 e. The van der Waals surface area contributed by atoms with Crippen LogP contribution in [0.4, 0.5) is 0 Å². The van der Waals surface area contributed by atoms with E-state index in [0.29, 0.717) is 24.1 Å². The topological polar surface area (TPSA) is 44.1 Å². The second-order valence-electron chi connectivity index (χ2n) is 5.57. The van der Waals surface area contributed by atoms with Gasteiger partial charge in [0, 0.05) is 12.5 Å². The minimum absolute atomic E-state index is 0.270. The zero-order valence-electron chi connectivity index (χ0n) is 11.5. The first-order valence-corrected chi connectivity index (χ1v) is 7.25. The summed E-state index contributed by atoms with van der Waals surface area (Å²) in [4.78, 5) is 14.5. The van der Waals surface area contributed by atoms with Crippen LogP contribution in [-0.2, 0) is 11.2 Å². The van der Waals surface area contributed by atoms with Gasteiger partial charge in [-0.15, -0.1) is 0 Å². The molecule has 2 atom stereocenters. The molecule has 0 aliphatic carbocycles. The van der Waals surface area contributed by atoms with Gasteiger partial charge in [-0.1, -0.05) is 24.3 Å². The zero-order valence-corrected chi connectivity index (χ0v) is 11.5. The lowest BCUT2D eigenvalue weighted by Crippen LogP contribution is -2.42. The van der Waals surface area contributed by atoms with Crippen molar-refractivity contribution in [1.29, 1.82) is 5.26 Å². The van der Waals surface area contributed by atoms with E-state index >= 15 is 0 Å². The van der Waals surface area contributed by atoms with Crippen LogP contribution in [0, 0.1) is 11.3 Å². The number of hydrogen-bond donors (Lipinski definition) is 0. The molecule has 3 nitrogen and oxygen atoms in total. The van der Waals surface area contributed by atoms with E-state index < -0.39 is 0 Å². The highest BCUT2D eigenvalue weighted by Crippen LogP contribution is 2.32. The minimum Gasteiger partial charge on any atom is -0.333 e. The molecule has 1 amide bonds. The van der Waals surface area contributed by atoms with Crippen LogP contribution in [0.25, 0.3) is 0 Å². The molecular weight excluding hydrogens is 248 g/mol. The van der Waals surface area contributed by atoms with Crippen molar-refractivity contribution in [2.45, 2.75) is 44.2 Å². The molecule has 2 aliphatic rings. The van der Waals surface area contributed by atoms with Gasteiger partial charge in [-0.3, -0.25) is 4.79 Å². The van der Waals surface area contributed by atoms with E-state index in [1.807, 2.05) is 24.3 Å². The van der Waals surface area contributed by atoms with Crippen LogP contribution in [0.15, 0.2) is 36.4 Å². The van der Waals surface area contributed by atoms with Crippen molar-refractivity contribution in [1.82, 2.24) is 4.90 Å². The van der Waals surface area contributed by atoms with Gasteiger partial charge in [0.25, 0.3) is 0 Å². The summed E-state index contributed by atoms with van der Waals surface area (Å²) in [6, 6.07) is 10.4. The Labute approximate surface area is 119 Å². The van der Waals surface area contributed by atoms with Gasteiger partial charge in [0.1, 0.15) is 0 Å². The molecule has 2 bridgehead atoms. The normalized spacial score (nSPS) is 23.6. The lowest BCUT2D eigenvalue weighted by atomic mass is 10.1. The summed E-state index contributed by atoms with van der Waals surface area (Å²) in [7, 11) is 0. The first kappa shape index (κ1) is 12.9. The fraction of sp³-hybridized carbons (Fsp3) is 0.412. The number of carbonyl (C=O) groups excluding carboxylic acids is 1. The van der Waals surface area contributed by atoms with Crippen molar-refractivity contribution < 1.29 is 4.79 Å². The lowest BCUT2D eigenvalue weighted by Gasteiger charge is -2.31. The molecule has 1 saturated heterocycles. The van der Waals surface area contributed by atoms with Crippen molar-refractivity contribution in [2.75, 3.05) is 0 Å². The third kappa shape index (κ3) is 2.46. The number of amides is 1. The van der Waals surface area contributed by atoms with E-state index in [-0.39, 0.29) is 5.91 Å². The van der Waals surface area contributed by atoms with Crippen LogP contribution in [0.2, 0.25) is 0 Å². The molecule has 0 spiro atoms. The molecule has 0 aromatic heterocycles. The first-order valence-electron chi connectivity index (χ1n) is 7.25. The van der Waals surface area contributed by atoms with Crippen molar-refractivity contribution >= 4 is 5.91 Å². The van der Waals surface area contributed by atoms with Gasteiger partial charge in [0.2, 0.25) is 5.91 Å². The fourth-order valence-electron chi connectivity index (χ4n) is 3.24. The minimum atomic E-state index is 0.270. The predicted molar refractivity (Wildman–Crippen MR) is 76.9 cm³/mol. The zero-order chi connectivity index (χ0) is 13.9. The van der Waals surface area contributed by atoms with E-state index in [0.717, 1.165) is 31.2 Å². The van der Waals surface area contributed by atoms with E-state index in [1.165, 1.54) is 0 Å². The average Bonchev–Trinajstić information content (AvgIpc) is 2.75. The Morgan fingerprint density at radius 2 is 2.10 bits per heavy atom. The van der Waals surface area contributed by atoms with Crippen LogP contribution >= 0.6 is 0 Å². The molecule has 1 aromatic rings. The Kier molecular flexibility index (Phi) is 3.56. The SMILES string of the molecule is N#Cc1ccc(CCC(=O)N2[C@H]3CC=C[C@H]2CC3)cc1. The monoisotopic (exact) mass is 266 g/mol. The molecule has 3 rings (SSSR count). The average molecular weight is 266 g/mol. The highest BCUT2D eigenvalue weighted by molar-refractivity contribution is 5.78.